The maximum absolute atomic E-state index is 12.6. The Morgan fingerprint density at radius 1 is 1.09 bits per heavy atom. The van der Waals surface area contributed by atoms with Crippen LogP contribution in [0.4, 0.5) is 11.8 Å². The van der Waals surface area contributed by atoms with E-state index in [0.717, 1.165) is 48.4 Å². The van der Waals surface area contributed by atoms with Gasteiger partial charge in [-0.25, -0.2) is 15.0 Å². The SMILES string of the molecule is CC(C)n1cc(C(=O)Nc2ncc3ccc(-c4cncc(NC5CCN(C)CC5)n4)cc3n2)cn1. The van der Waals surface area contributed by atoms with Gasteiger partial charge in [-0.2, -0.15) is 5.10 Å². The summed E-state index contributed by atoms with van der Waals surface area (Å²) in [7, 11) is 2.15. The summed E-state index contributed by atoms with van der Waals surface area (Å²) >= 11 is 0. The van der Waals surface area contributed by atoms with Crippen LogP contribution in [0.2, 0.25) is 0 Å². The van der Waals surface area contributed by atoms with Gasteiger partial charge in [0.25, 0.3) is 5.91 Å². The van der Waals surface area contributed by atoms with Crippen LogP contribution in [-0.2, 0) is 0 Å². The van der Waals surface area contributed by atoms with Crippen molar-refractivity contribution in [3.63, 3.8) is 0 Å². The number of aromatic nitrogens is 6. The zero-order chi connectivity index (χ0) is 24.4. The molecule has 1 saturated heterocycles. The van der Waals surface area contributed by atoms with Gasteiger partial charge in [0.1, 0.15) is 5.82 Å². The quantitative estimate of drug-likeness (QED) is 0.438. The first-order valence-electron chi connectivity index (χ1n) is 11.8. The first-order valence-corrected chi connectivity index (χ1v) is 11.8. The maximum Gasteiger partial charge on any atom is 0.261 e. The van der Waals surface area contributed by atoms with Gasteiger partial charge in [0.15, 0.2) is 0 Å². The van der Waals surface area contributed by atoms with Crippen LogP contribution in [0.25, 0.3) is 22.2 Å². The molecule has 2 N–H and O–H groups in total. The summed E-state index contributed by atoms with van der Waals surface area (Å²) in [5.41, 5.74) is 2.82. The van der Waals surface area contributed by atoms with Crippen LogP contribution >= 0.6 is 0 Å². The highest BCUT2D eigenvalue weighted by molar-refractivity contribution is 6.03. The molecule has 0 atom stereocenters. The average molecular weight is 472 g/mol. The van der Waals surface area contributed by atoms with Crippen LogP contribution in [0.15, 0.2) is 49.2 Å². The lowest BCUT2D eigenvalue weighted by Gasteiger charge is -2.29. The summed E-state index contributed by atoms with van der Waals surface area (Å²) in [6, 6.07) is 6.44. The fourth-order valence-corrected chi connectivity index (χ4v) is 4.09. The molecule has 1 aromatic carbocycles. The van der Waals surface area contributed by atoms with Crippen molar-refractivity contribution >= 4 is 28.6 Å². The molecule has 4 aromatic rings. The number of hydrogen-bond acceptors (Lipinski definition) is 8. The van der Waals surface area contributed by atoms with Crippen LogP contribution in [0.5, 0.6) is 0 Å². The molecule has 0 bridgehead atoms. The first kappa shape index (κ1) is 22.9. The summed E-state index contributed by atoms with van der Waals surface area (Å²) in [6.07, 6.45) is 10.6. The maximum atomic E-state index is 12.6. The number of amides is 1. The highest BCUT2D eigenvalue weighted by Crippen LogP contribution is 2.24. The van der Waals surface area contributed by atoms with E-state index in [2.05, 4.69) is 42.6 Å². The largest absolute Gasteiger partial charge is 0.366 e. The number of piperidine rings is 1. The Hall–Kier alpha value is -3.92. The van der Waals surface area contributed by atoms with E-state index in [4.69, 9.17) is 4.98 Å². The van der Waals surface area contributed by atoms with Crippen molar-refractivity contribution in [2.24, 2.45) is 0 Å². The Bertz CT molecular complexity index is 1340. The monoisotopic (exact) mass is 471 g/mol. The molecule has 0 radical (unpaired) electrons. The zero-order valence-corrected chi connectivity index (χ0v) is 20.1. The molecule has 0 aliphatic carbocycles. The Balaban J connectivity index is 1.34. The highest BCUT2D eigenvalue weighted by Gasteiger charge is 2.17. The Kier molecular flexibility index (Phi) is 6.37. The van der Waals surface area contributed by atoms with Crippen LogP contribution < -0.4 is 10.6 Å². The van der Waals surface area contributed by atoms with Gasteiger partial charge in [0.2, 0.25) is 5.95 Å². The smallest absolute Gasteiger partial charge is 0.261 e. The second-order valence-electron chi connectivity index (χ2n) is 9.24. The van der Waals surface area contributed by atoms with Gasteiger partial charge in [-0.05, 0) is 52.9 Å². The minimum absolute atomic E-state index is 0.174. The van der Waals surface area contributed by atoms with Crippen LogP contribution in [0.3, 0.4) is 0 Å². The molecule has 1 aliphatic heterocycles. The molecule has 1 fully saturated rings. The van der Waals surface area contributed by atoms with E-state index in [1.54, 1.807) is 35.7 Å². The topological polar surface area (TPSA) is 114 Å². The van der Waals surface area contributed by atoms with Gasteiger partial charge >= 0.3 is 0 Å². The highest BCUT2D eigenvalue weighted by atomic mass is 16.1. The van der Waals surface area contributed by atoms with Crippen molar-refractivity contribution in [1.82, 2.24) is 34.6 Å². The third kappa shape index (κ3) is 5.27. The van der Waals surface area contributed by atoms with Gasteiger partial charge in [0.05, 0.1) is 35.4 Å². The van der Waals surface area contributed by atoms with Gasteiger partial charge < -0.3 is 10.2 Å². The lowest BCUT2D eigenvalue weighted by Crippen LogP contribution is -2.36. The van der Waals surface area contributed by atoms with E-state index < -0.39 is 0 Å². The zero-order valence-electron chi connectivity index (χ0n) is 20.1. The molecule has 35 heavy (non-hydrogen) atoms. The second kappa shape index (κ2) is 9.75. The predicted molar refractivity (Wildman–Crippen MR) is 135 cm³/mol. The Morgan fingerprint density at radius 3 is 2.69 bits per heavy atom. The summed E-state index contributed by atoms with van der Waals surface area (Å²) in [5, 5.41) is 11.4. The van der Waals surface area contributed by atoms with E-state index in [-0.39, 0.29) is 17.9 Å². The lowest BCUT2D eigenvalue weighted by molar-refractivity contribution is 0.102. The molecular weight excluding hydrogens is 442 g/mol. The van der Waals surface area contributed by atoms with Crippen molar-refractivity contribution in [1.29, 1.82) is 0 Å². The van der Waals surface area contributed by atoms with Crippen LogP contribution in [0, 0.1) is 0 Å². The van der Waals surface area contributed by atoms with Crippen molar-refractivity contribution in [3.8, 4) is 11.3 Å². The molecule has 10 nitrogen and oxygen atoms in total. The number of benzene rings is 1. The number of likely N-dealkylation sites (tertiary alicyclic amines) is 1. The summed E-state index contributed by atoms with van der Waals surface area (Å²) in [4.78, 5) is 33.0. The number of hydrogen-bond donors (Lipinski definition) is 2. The summed E-state index contributed by atoms with van der Waals surface area (Å²) in [6.45, 7) is 6.16. The standard InChI is InChI=1S/C25H29N9O/c1-16(2)34-15-19(12-28-34)24(35)32-25-27-11-18-5-4-17(10-21(18)31-25)22-13-26-14-23(30-22)29-20-6-8-33(3)9-7-20/h4-5,10-16,20H,6-9H2,1-3H3,(H,29,30)(H,27,31,32,35). The van der Waals surface area contributed by atoms with Gasteiger partial charge in [0, 0.05) is 35.4 Å². The number of rotatable bonds is 6. The molecule has 180 valence electrons. The van der Waals surface area contributed by atoms with E-state index in [0.29, 0.717) is 17.1 Å². The minimum Gasteiger partial charge on any atom is -0.366 e. The van der Waals surface area contributed by atoms with E-state index in [1.165, 1.54) is 0 Å². The number of nitrogens with zero attached hydrogens (tertiary/aromatic N) is 7. The van der Waals surface area contributed by atoms with E-state index >= 15 is 0 Å². The van der Waals surface area contributed by atoms with Crippen molar-refractivity contribution < 1.29 is 4.79 Å². The molecule has 10 heteroatoms. The fourth-order valence-electron chi connectivity index (χ4n) is 4.09. The molecule has 4 heterocycles. The van der Waals surface area contributed by atoms with Gasteiger partial charge in [-0.15, -0.1) is 0 Å². The number of fused-ring (bicyclic) bond motifs is 1. The molecule has 1 aliphatic rings. The Morgan fingerprint density at radius 2 is 1.91 bits per heavy atom. The van der Waals surface area contributed by atoms with E-state index in [1.807, 2.05) is 32.0 Å². The number of carbonyl (C=O) groups excluding carboxylic acids is 1. The lowest BCUT2D eigenvalue weighted by atomic mass is 10.1. The first-order chi connectivity index (χ1) is 16.9. The third-order valence-corrected chi connectivity index (χ3v) is 6.20. The molecule has 5 rings (SSSR count). The van der Waals surface area contributed by atoms with E-state index in [9.17, 15) is 4.79 Å². The van der Waals surface area contributed by atoms with Crippen molar-refractivity contribution in [2.75, 3.05) is 30.8 Å². The molecule has 0 spiro atoms. The molecule has 0 unspecified atom stereocenters. The van der Waals surface area contributed by atoms with Crippen molar-refractivity contribution in [3.05, 3.63) is 54.7 Å². The summed E-state index contributed by atoms with van der Waals surface area (Å²) in [5.74, 6) is 0.710. The van der Waals surface area contributed by atoms with Crippen LogP contribution in [0.1, 0.15) is 43.1 Å². The number of nitrogens with one attached hydrogen (secondary N) is 2. The molecule has 1 amide bonds. The minimum atomic E-state index is -0.300. The van der Waals surface area contributed by atoms with Crippen molar-refractivity contribution in [2.45, 2.75) is 38.8 Å². The predicted octanol–water partition coefficient (Wildman–Crippen LogP) is 3.62. The molecule has 3 aromatic heterocycles. The van der Waals surface area contributed by atoms with Crippen LogP contribution in [-0.4, -0.2) is 66.7 Å². The second-order valence-corrected chi connectivity index (χ2v) is 9.24. The number of anilines is 2. The average Bonchev–Trinajstić information content (AvgIpc) is 3.36. The molecule has 0 saturated carbocycles. The fraction of sp³-hybridized carbons (Fsp3) is 0.360. The Labute approximate surface area is 203 Å². The normalized spacial score (nSPS) is 15.0. The number of carbonyl (C=O) groups is 1. The third-order valence-electron chi connectivity index (χ3n) is 6.20. The molecular formula is C25H29N9O. The van der Waals surface area contributed by atoms with Gasteiger partial charge in [-0.3, -0.25) is 19.8 Å². The summed E-state index contributed by atoms with van der Waals surface area (Å²) < 4.78 is 1.74. The van der Waals surface area contributed by atoms with Gasteiger partial charge in [-0.1, -0.05) is 12.1 Å².